The van der Waals surface area contributed by atoms with Crippen LogP contribution in [0.25, 0.3) is 0 Å². The number of aromatic nitrogens is 2. The Morgan fingerprint density at radius 1 is 1.20 bits per heavy atom. The molecule has 2 aromatic rings. The number of hydrogen-bond donors (Lipinski definition) is 0. The molecule has 3 heterocycles. The lowest BCUT2D eigenvalue weighted by molar-refractivity contribution is 0.0663. The molecule has 0 N–H and O–H groups in total. The monoisotopic (exact) mass is 343 g/mol. The Labute approximate surface area is 147 Å². The molecule has 3 rings (SSSR count). The maximum atomic E-state index is 13.3. The summed E-state index contributed by atoms with van der Waals surface area (Å²) in [5.41, 5.74) is 1.26. The molecule has 0 saturated carbocycles. The van der Waals surface area contributed by atoms with Crippen LogP contribution in [0.15, 0.2) is 35.4 Å². The third-order valence-electron chi connectivity index (χ3n) is 4.98. The molecule has 1 aliphatic heterocycles. The number of likely N-dealkylation sites (tertiary alicyclic amines) is 1. The highest BCUT2D eigenvalue weighted by molar-refractivity contribution is 5.93. The highest BCUT2D eigenvalue weighted by Crippen LogP contribution is 2.31. The number of pyridine rings is 1. The third-order valence-corrected chi connectivity index (χ3v) is 4.98. The van der Waals surface area contributed by atoms with Crippen molar-refractivity contribution in [3.63, 3.8) is 0 Å². The first-order valence-electron chi connectivity index (χ1n) is 8.69. The molecule has 134 valence electrons. The van der Waals surface area contributed by atoms with Crippen molar-refractivity contribution in [2.45, 2.75) is 31.7 Å². The lowest BCUT2D eigenvalue weighted by Crippen LogP contribution is -2.37. The zero-order chi connectivity index (χ0) is 18.0. The number of nitrogens with zero attached hydrogens (tertiary/aromatic N) is 3. The predicted octanol–water partition coefficient (Wildman–Crippen LogP) is 2.49. The second-order valence-electron chi connectivity index (χ2n) is 6.61. The number of carbonyl (C=O) groups is 1. The van der Waals surface area contributed by atoms with Crippen LogP contribution in [0.5, 0.6) is 5.75 Å². The SMILES string of the molecule is COc1cn(C)c(C(=O)N2CCCCCC2c2cccn2C)cc1=O. The lowest BCUT2D eigenvalue weighted by atomic mass is 10.1. The molecule has 0 aliphatic carbocycles. The van der Waals surface area contributed by atoms with Crippen LogP contribution in [0.3, 0.4) is 0 Å². The van der Waals surface area contributed by atoms with Crippen molar-refractivity contribution in [3.05, 3.63) is 52.2 Å². The summed E-state index contributed by atoms with van der Waals surface area (Å²) in [7, 11) is 5.23. The number of ether oxygens (including phenoxy) is 1. The van der Waals surface area contributed by atoms with Crippen molar-refractivity contribution in [1.29, 1.82) is 0 Å². The van der Waals surface area contributed by atoms with E-state index >= 15 is 0 Å². The van der Waals surface area contributed by atoms with Crippen LogP contribution in [0, 0.1) is 0 Å². The van der Waals surface area contributed by atoms with Crippen LogP contribution in [0.2, 0.25) is 0 Å². The summed E-state index contributed by atoms with van der Waals surface area (Å²) < 4.78 is 8.81. The average Bonchev–Trinajstić information content (AvgIpc) is 2.88. The van der Waals surface area contributed by atoms with Gasteiger partial charge in [0.2, 0.25) is 5.43 Å². The highest BCUT2D eigenvalue weighted by Gasteiger charge is 2.30. The van der Waals surface area contributed by atoms with Crippen molar-refractivity contribution in [1.82, 2.24) is 14.0 Å². The summed E-state index contributed by atoms with van der Waals surface area (Å²) in [4.78, 5) is 27.3. The first-order chi connectivity index (χ1) is 12.0. The van der Waals surface area contributed by atoms with Crippen molar-refractivity contribution in [2.24, 2.45) is 14.1 Å². The Balaban J connectivity index is 1.99. The Morgan fingerprint density at radius 3 is 2.68 bits per heavy atom. The van der Waals surface area contributed by atoms with E-state index in [1.54, 1.807) is 17.8 Å². The summed E-state index contributed by atoms with van der Waals surface area (Å²) in [6.07, 6.45) is 7.72. The first-order valence-corrected chi connectivity index (χ1v) is 8.69. The van der Waals surface area contributed by atoms with Crippen molar-refractivity contribution >= 4 is 5.91 Å². The summed E-state index contributed by atoms with van der Waals surface area (Å²) >= 11 is 0. The molecule has 0 bridgehead atoms. The van der Waals surface area contributed by atoms with E-state index in [4.69, 9.17) is 4.74 Å². The van der Waals surface area contributed by atoms with Gasteiger partial charge in [-0.2, -0.15) is 0 Å². The van der Waals surface area contributed by atoms with Crippen molar-refractivity contribution < 1.29 is 9.53 Å². The smallest absolute Gasteiger partial charge is 0.271 e. The van der Waals surface area contributed by atoms with Gasteiger partial charge in [0.25, 0.3) is 5.91 Å². The first kappa shape index (κ1) is 17.3. The minimum Gasteiger partial charge on any atom is -0.491 e. The molecule has 0 spiro atoms. The van der Waals surface area contributed by atoms with Gasteiger partial charge in [-0.25, -0.2) is 0 Å². The molecule has 1 aliphatic rings. The maximum absolute atomic E-state index is 13.3. The fourth-order valence-electron chi connectivity index (χ4n) is 3.60. The van der Waals surface area contributed by atoms with Gasteiger partial charge in [-0.05, 0) is 25.0 Å². The lowest BCUT2D eigenvalue weighted by Gasteiger charge is -2.31. The summed E-state index contributed by atoms with van der Waals surface area (Å²) in [5, 5.41) is 0. The minimum absolute atomic E-state index is 0.0344. The number of carbonyl (C=O) groups excluding carboxylic acids is 1. The molecular weight excluding hydrogens is 318 g/mol. The van der Waals surface area contributed by atoms with Crippen molar-refractivity contribution in [2.75, 3.05) is 13.7 Å². The molecule has 0 radical (unpaired) electrons. The Bertz CT molecular complexity index is 822. The Kier molecular flexibility index (Phi) is 4.97. The molecular formula is C19H25N3O3. The minimum atomic E-state index is -0.269. The largest absolute Gasteiger partial charge is 0.491 e. The fraction of sp³-hybridized carbons (Fsp3) is 0.474. The number of hydrogen-bond acceptors (Lipinski definition) is 3. The van der Waals surface area contributed by atoms with Gasteiger partial charge in [0.15, 0.2) is 5.75 Å². The molecule has 1 fully saturated rings. The van der Waals surface area contributed by atoms with Crippen LogP contribution < -0.4 is 10.2 Å². The quantitative estimate of drug-likeness (QED) is 0.860. The van der Waals surface area contributed by atoms with Gasteiger partial charge in [0.1, 0.15) is 5.69 Å². The molecule has 1 saturated heterocycles. The zero-order valence-electron chi connectivity index (χ0n) is 15.1. The number of methoxy groups -OCH3 is 1. The van der Waals surface area contributed by atoms with Gasteiger partial charge in [-0.1, -0.05) is 12.8 Å². The highest BCUT2D eigenvalue weighted by atomic mass is 16.5. The van der Waals surface area contributed by atoms with Crippen molar-refractivity contribution in [3.8, 4) is 5.75 Å². The number of rotatable bonds is 3. The second-order valence-corrected chi connectivity index (χ2v) is 6.61. The second kappa shape index (κ2) is 7.17. The molecule has 6 nitrogen and oxygen atoms in total. The third kappa shape index (κ3) is 3.34. The Morgan fingerprint density at radius 2 is 2.00 bits per heavy atom. The molecule has 1 unspecified atom stereocenters. The Hall–Kier alpha value is -2.50. The van der Waals surface area contributed by atoms with Gasteiger partial charge in [-0.3, -0.25) is 9.59 Å². The van der Waals surface area contributed by atoms with E-state index in [0.29, 0.717) is 12.2 Å². The predicted molar refractivity (Wildman–Crippen MR) is 95.9 cm³/mol. The van der Waals surface area contributed by atoms with Crippen LogP contribution in [0.1, 0.15) is 47.9 Å². The van der Waals surface area contributed by atoms with E-state index in [2.05, 4.69) is 10.6 Å². The standard InChI is InChI=1S/C19H25N3O3/c1-20-10-7-9-14(20)15-8-5-4-6-11-22(15)19(24)16-12-17(23)18(25-3)13-21(16)2/h7,9-10,12-13,15H,4-6,8,11H2,1-3H3. The molecule has 2 aromatic heterocycles. The van der Waals surface area contributed by atoms with E-state index in [9.17, 15) is 9.59 Å². The van der Waals surface area contributed by atoms with E-state index in [-0.39, 0.29) is 23.1 Å². The van der Waals surface area contributed by atoms with Crippen LogP contribution in [-0.4, -0.2) is 33.6 Å². The molecule has 1 amide bonds. The van der Waals surface area contributed by atoms with Gasteiger partial charge in [0.05, 0.1) is 19.3 Å². The molecule has 25 heavy (non-hydrogen) atoms. The van der Waals surface area contributed by atoms with Gasteiger partial charge in [0, 0.05) is 38.6 Å². The normalized spacial score (nSPS) is 18.0. The van der Waals surface area contributed by atoms with E-state index < -0.39 is 0 Å². The molecule has 6 heteroatoms. The van der Waals surface area contributed by atoms with Crippen LogP contribution in [0.4, 0.5) is 0 Å². The van der Waals surface area contributed by atoms with Gasteiger partial charge in [-0.15, -0.1) is 0 Å². The van der Waals surface area contributed by atoms with E-state index in [1.165, 1.54) is 13.2 Å². The zero-order valence-corrected chi connectivity index (χ0v) is 15.1. The van der Waals surface area contributed by atoms with Crippen LogP contribution >= 0.6 is 0 Å². The maximum Gasteiger partial charge on any atom is 0.271 e. The van der Waals surface area contributed by atoms with E-state index in [1.807, 2.05) is 24.2 Å². The van der Waals surface area contributed by atoms with Gasteiger partial charge >= 0.3 is 0 Å². The summed E-state index contributed by atoms with van der Waals surface area (Å²) in [6, 6.07) is 5.50. The number of aryl methyl sites for hydroxylation is 2. The fourth-order valence-corrected chi connectivity index (χ4v) is 3.60. The summed E-state index contributed by atoms with van der Waals surface area (Å²) in [5.74, 6) is 0.143. The van der Waals surface area contributed by atoms with Gasteiger partial charge < -0.3 is 18.8 Å². The van der Waals surface area contributed by atoms with E-state index in [0.717, 1.165) is 31.4 Å². The summed E-state index contributed by atoms with van der Waals surface area (Å²) in [6.45, 7) is 0.703. The topological polar surface area (TPSA) is 56.5 Å². The van der Waals surface area contributed by atoms with Crippen LogP contribution in [-0.2, 0) is 14.1 Å². The molecule has 0 aromatic carbocycles. The average molecular weight is 343 g/mol. The number of amides is 1. The molecule has 1 atom stereocenters.